The van der Waals surface area contributed by atoms with Crippen LogP contribution >= 0.6 is 0 Å². The number of hydrogen-bond donors (Lipinski definition) is 2. The monoisotopic (exact) mass is 524 g/mol. The second-order valence-corrected chi connectivity index (χ2v) is 10.6. The van der Waals surface area contributed by atoms with Gasteiger partial charge in [0.2, 0.25) is 11.8 Å². The minimum Gasteiger partial charge on any atom is -0.476 e. The topological polar surface area (TPSA) is 129 Å². The minimum atomic E-state index is -1.29. The molecule has 1 fully saturated rings. The fourth-order valence-corrected chi connectivity index (χ4v) is 4.23. The highest BCUT2D eigenvalue weighted by atomic mass is 16.6. The van der Waals surface area contributed by atoms with Crippen molar-refractivity contribution in [3.63, 3.8) is 0 Å². The maximum absolute atomic E-state index is 13.1. The largest absolute Gasteiger partial charge is 0.476 e. The lowest BCUT2D eigenvalue weighted by molar-refractivity contribution is -0.133. The number of ether oxygens (including phenoxy) is 1. The van der Waals surface area contributed by atoms with Gasteiger partial charge in [-0.15, -0.1) is 0 Å². The van der Waals surface area contributed by atoms with Gasteiger partial charge in [0.05, 0.1) is 5.69 Å². The second-order valence-electron chi connectivity index (χ2n) is 10.6. The van der Waals surface area contributed by atoms with E-state index in [2.05, 4.69) is 10.3 Å². The van der Waals surface area contributed by atoms with E-state index in [-0.39, 0.29) is 42.7 Å². The molecular formula is C28H36N4O6. The van der Waals surface area contributed by atoms with Crippen LogP contribution in [0, 0.1) is 5.92 Å². The Kier molecular flexibility index (Phi) is 9.08. The predicted octanol–water partition coefficient (Wildman–Crippen LogP) is 4.05. The number of carboxylic acid groups (broad SMARTS) is 1. The number of pyridine rings is 1. The van der Waals surface area contributed by atoms with E-state index in [4.69, 9.17) is 4.74 Å². The van der Waals surface area contributed by atoms with Gasteiger partial charge in [-0.25, -0.2) is 14.6 Å². The van der Waals surface area contributed by atoms with E-state index in [1.807, 2.05) is 31.2 Å². The van der Waals surface area contributed by atoms with Crippen LogP contribution in [-0.4, -0.2) is 76.1 Å². The Morgan fingerprint density at radius 2 is 1.95 bits per heavy atom. The van der Waals surface area contributed by atoms with Gasteiger partial charge in [-0.2, -0.15) is 0 Å². The molecule has 3 amide bonds. The first-order valence-corrected chi connectivity index (χ1v) is 12.7. The Morgan fingerprint density at radius 1 is 1.21 bits per heavy atom. The number of carboxylic acids is 1. The molecule has 0 saturated carbocycles. The zero-order chi connectivity index (χ0) is 28.0. The molecule has 2 aromatic rings. The first kappa shape index (κ1) is 28.6. The van der Waals surface area contributed by atoms with Gasteiger partial charge in [0.25, 0.3) is 0 Å². The lowest BCUT2D eigenvalue weighted by Gasteiger charge is -2.33. The van der Waals surface area contributed by atoms with E-state index in [0.717, 1.165) is 17.5 Å². The quantitative estimate of drug-likeness (QED) is 0.533. The molecule has 1 aromatic heterocycles. The molecule has 0 aliphatic carbocycles. The molecule has 1 saturated heterocycles. The van der Waals surface area contributed by atoms with Crippen LogP contribution in [0.2, 0.25) is 0 Å². The molecule has 0 radical (unpaired) electrons. The third-order valence-corrected chi connectivity index (χ3v) is 6.26. The number of nitrogens with zero attached hydrogens (tertiary/aromatic N) is 3. The molecule has 1 aliphatic rings. The van der Waals surface area contributed by atoms with Crippen molar-refractivity contribution in [2.45, 2.75) is 52.6 Å². The van der Waals surface area contributed by atoms with Gasteiger partial charge < -0.3 is 20.1 Å². The van der Waals surface area contributed by atoms with Crippen LogP contribution in [0.5, 0.6) is 0 Å². The molecule has 2 N–H and O–H groups in total. The summed E-state index contributed by atoms with van der Waals surface area (Å²) >= 11 is 0. The van der Waals surface area contributed by atoms with Crippen LogP contribution in [0.4, 0.5) is 10.5 Å². The maximum Gasteiger partial charge on any atom is 0.410 e. The summed E-state index contributed by atoms with van der Waals surface area (Å²) in [5.41, 5.74) is 1.53. The van der Waals surface area contributed by atoms with Gasteiger partial charge in [-0.05, 0) is 56.7 Å². The van der Waals surface area contributed by atoms with Crippen molar-refractivity contribution in [2.24, 2.45) is 5.92 Å². The van der Waals surface area contributed by atoms with Crippen molar-refractivity contribution in [2.75, 3.05) is 32.0 Å². The summed E-state index contributed by atoms with van der Waals surface area (Å²) in [5.74, 6) is -2.03. The minimum absolute atomic E-state index is 0.0176. The lowest BCUT2D eigenvalue weighted by atomic mass is 9.96. The summed E-state index contributed by atoms with van der Waals surface area (Å²) < 4.78 is 5.51. The Morgan fingerprint density at radius 3 is 2.58 bits per heavy atom. The number of carbonyl (C=O) groups excluding carboxylic acids is 3. The summed E-state index contributed by atoms with van der Waals surface area (Å²) in [7, 11) is 1.73. The number of rotatable bonds is 8. The summed E-state index contributed by atoms with van der Waals surface area (Å²) in [6.45, 7) is 7.58. The van der Waals surface area contributed by atoms with Gasteiger partial charge in [-0.3, -0.25) is 14.5 Å². The zero-order valence-electron chi connectivity index (χ0n) is 22.6. The second kappa shape index (κ2) is 12.1. The molecule has 1 atom stereocenters. The molecule has 10 heteroatoms. The number of aromatic nitrogens is 1. The maximum atomic E-state index is 13.1. The first-order valence-electron chi connectivity index (χ1n) is 12.7. The molecule has 1 aromatic carbocycles. The number of carbonyl (C=O) groups is 4. The van der Waals surface area contributed by atoms with Crippen LogP contribution in [0.1, 0.15) is 56.6 Å². The van der Waals surface area contributed by atoms with Gasteiger partial charge in [0, 0.05) is 38.3 Å². The van der Waals surface area contributed by atoms with Crippen LogP contribution in [0.25, 0.3) is 11.1 Å². The molecule has 0 bridgehead atoms. The normalized spacial score (nSPS) is 15.7. The zero-order valence-corrected chi connectivity index (χ0v) is 22.6. The van der Waals surface area contributed by atoms with Crippen LogP contribution < -0.4 is 5.32 Å². The van der Waals surface area contributed by atoms with E-state index >= 15 is 0 Å². The van der Waals surface area contributed by atoms with E-state index in [9.17, 15) is 24.3 Å². The number of aryl methyl sites for hydroxylation is 1. The molecule has 1 aliphatic heterocycles. The van der Waals surface area contributed by atoms with Crippen molar-refractivity contribution in [1.82, 2.24) is 14.8 Å². The number of likely N-dealkylation sites (tertiary alicyclic amines) is 1. The Bertz CT molecular complexity index is 1210. The predicted molar refractivity (Wildman–Crippen MR) is 143 cm³/mol. The van der Waals surface area contributed by atoms with E-state index in [1.54, 1.807) is 38.8 Å². The van der Waals surface area contributed by atoms with E-state index in [1.165, 1.54) is 11.1 Å². The van der Waals surface area contributed by atoms with Crippen molar-refractivity contribution in [3.05, 3.63) is 47.8 Å². The number of nitrogens with one attached hydrogen (secondary N) is 1. The van der Waals surface area contributed by atoms with Gasteiger partial charge in [0.15, 0.2) is 5.69 Å². The molecule has 3 rings (SSSR count). The average Bonchev–Trinajstić information content (AvgIpc) is 2.84. The first-order chi connectivity index (χ1) is 17.9. The summed E-state index contributed by atoms with van der Waals surface area (Å²) in [6, 6.07) is 9.33. The van der Waals surface area contributed by atoms with E-state index < -0.39 is 23.6 Å². The average molecular weight is 525 g/mol. The van der Waals surface area contributed by atoms with Crippen LogP contribution in [-0.2, 0) is 20.7 Å². The third-order valence-electron chi connectivity index (χ3n) is 6.26. The highest BCUT2D eigenvalue weighted by Gasteiger charge is 2.30. The number of hydrogen-bond acceptors (Lipinski definition) is 6. The summed E-state index contributed by atoms with van der Waals surface area (Å²) in [6.07, 6.45) is 2.57. The Balaban J connectivity index is 1.83. The third kappa shape index (κ3) is 7.77. The van der Waals surface area contributed by atoms with E-state index in [0.29, 0.717) is 18.5 Å². The molecule has 0 spiro atoms. The van der Waals surface area contributed by atoms with Gasteiger partial charge >= 0.3 is 12.1 Å². The fourth-order valence-electron chi connectivity index (χ4n) is 4.23. The molecule has 1 unspecified atom stereocenters. The SMILES string of the molecule is CCc1cccc(-c2cnc(C(=O)O)c(NC(=O)CN(CC3CCN(C)C(=O)C3)C(=O)OC(C)(C)C)c2)c1. The van der Waals surface area contributed by atoms with Crippen molar-refractivity contribution < 1.29 is 29.0 Å². The molecule has 10 nitrogen and oxygen atoms in total. The highest BCUT2D eigenvalue weighted by molar-refractivity contribution is 6.01. The Labute approximate surface area is 223 Å². The fraction of sp³-hybridized carbons (Fsp3) is 0.464. The lowest BCUT2D eigenvalue weighted by Crippen LogP contribution is -2.46. The van der Waals surface area contributed by atoms with Gasteiger partial charge in [-0.1, -0.05) is 31.2 Å². The van der Waals surface area contributed by atoms with Crippen LogP contribution in [0.3, 0.4) is 0 Å². The Hall–Kier alpha value is -3.95. The van der Waals surface area contributed by atoms with Crippen LogP contribution in [0.15, 0.2) is 36.5 Å². The highest BCUT2D eigenvalue weighted by Crippen LogP contribution is 2.26. The van der Waals surface area contributed by atoms with Crippen molar-refractivity contribution in [1.29, 1.82) is 0 Å². The number of aromatic carboxylic acids is 1. The number of piperidine rings is 1. The molecular weight excluding hydrogens is 488 g/mol. The molecule has 2 heterocycles. The summed E-state index contributed by atoms with van der Waals surface area (Å²) in [5, 5.41) is 12.3. The van der Waals surface area contributed by atoms with Crippen molar-refractivity contribution in [3.8, 4) is 11.1 Å². The molecule has 38 heavy (non-hydrogen) atoms. The van der Waals surface area contributed by atoms with Gasteiger partial charge in [0.1, 0.15) is 12.1 Å². The smallest absolute Gasteiger partial charge is 0.410 e. The standard InChI is InChI=1S/C28H36N4O6/c1-6-18-8-7-9-20(12-18)21-14-22(25(26(35)36)29-15-21)30-23(33)17-32(27(37)38-28(2,3)4)16-19-10-11-31(5)24(34)13-19/h7-9,12,14-15,19H,6,10-11,13,16-17H2,1-5H3,(H,30,33)(H,35,36). The number of anilines is 1. The van der Waals surface area contributed by atoms with Crippen molar-refractivity contribution >= 4 is 29.6 Å². The number of amides is 3. The summed E-state index contributed by atoms with van der Waals surface area (Å²) in [4.78, 5) is 57.1. The number of benzene rings is 1. The molecule has 204 valence electrons.